The van der Waals surface area contributed by atoms with Gasteiger partial charge in [0.2, 0.25) is 0 Å². The average Bonchev–Trinajstić information content (AvgIpc) is 3.88. The van der Waals surface area contributed by atoms with E-state index in [1.165, 1.54) is 64.7 Å². The zero-order valence-electron chi connectivity index (χ0n) is 42.5. The maximum absolute atomic E-state index is 5.33. The third-order valence-corrected chi connectivity index (χ3v) is 24.1. The minimum Gasteiger partial charge on any atom is 0.0322 e. The van der Waals surface area contributed by atoms with Gasteiger partial charge in [0.1, 0.15) is 0 Å². The first-order valence-corrected chi connectivity index (χ1v) is 32.2. The number of pyridine rings is 2. The van der Waals surface area contributed by atoms with Gasteiger partial charge >= 0.3 is 339 Å². The van der Waals surface area contributed by atoms with Crippen molar-refractivity contribution < 1.29 is 0 Å². The van der Waals surface area contributed by atoms with Gasteiger partial charge in [0, 0.05) is 6.20 Å². The number of aryl methyl sites for hydroxylation is 2. The molecule has 0 saturated heterocycles. The normalized spacial score (nSPS) is 14.3. The van der Waals surface area contributed by atoms with Gasteiger partial charge in [-0.25, -0.2) is 0 Å². The van der Waals surface area contributed by atoms with Crippen molar-refractivity contribution in [2.24, 2.45) is 0 Å². The molecule has 10 aromatic rings. The Balaban J connectivity index is 1.25. The molecule has 6 heteroatoms. The number of fused-ring (bicyclic) bond motifs is 12. The molecule has 0 fully saturated rings. The van der Waals surface area contributed by atoms with Crippen LogP contribution in [-0.2, 0) is 16.2 Å². The van der Waals surface area contributed by atoms with Gasteiger partial charge in [-0.05, 0) is 23.5 Å². The molecular weight excluding hydrogens is 941 g/mol. The number of thiophene rings is 1. The van der Waals surface area contributed by atoms with Gasteiger partial charge in [-0.15, -0.1) is 0 Å². The first kappa shape index (κ1) is 45.3. The summed E-state index contributed by atoms with van der Waals surface area (Å²) in [5, 5.41) is 2.42. The molecule has 0 atom stereocenters. The first-order valence-electron chi connectivity index (χ1n) is 25.1. The average molecular weight is 1000 g/mol. The fraction of sp³-hybridized carbons (Fsp3) is 0.200. The predicted octanol–water partition coefficient (Wildman–Crippen LogP) is 16.5. The van der Waals surface area contributed by atoms with Crippen LogP contribution in [0.1, 0.15) is 86.1 Å². The van der Waals surface area contributed by atoms with E-state index in [0.717, 1.165) is 45.5 Å². The predicted molar refractivity (Wildman–Crippen MR) is 305 cm³/mol. The van der Waals surface area contributed by atoms with E-state index in [4.69, 9.17) is 9.97 Å². The van der Waals surface area contributed by atoms with E-state index in [9.17, 15) is 0 Å². The van der Waals surface area contributed by atoms with Crippen LogP contribution >= 0.6 is 11.3 Å². The van der Waals surface area contributed by atoms with Crippen LogP contribution in [-0.4, -0.2) is 23.2 Å². The van der Waals surface area contributed by atoms with Gasteiger partial charge in [0.25, 0.3) is 0 Å². The van der Waals surface area contributed by atoms with E-state index >= 15 is 0 Å². The fourth-order valence-corrected chi connectivity index (χ4v) is 19.8. The van der Waals surface area contributed by atoms with Gasteiger partial charge in [0.05, 0.1) is 0 Å². The van der Waals surface area contributed by atoms with Gasteiger partial charge in [0.15, 0.2) is 0 Å². The monoisotopic (exact) mass is 1000 g/mol. The maximum atomic E-state index is 5.33. The van der Waals surface area contributed by atoms with Crippen LogP contribution in [0.5, 0.6) is 0 Å². The minimum absolute atomic E-state index is 0.0106. The number of nitrogens with zero attached hydrogens (tertiary/aromatic N) is 4. The second-order valence-corrected chi connectivity index (χ2v) is 32.6. The summed E-state index contributed by atoms with van der Waals surface area (Å²) in [6.07, 6.45) is 4.00. The summed E-state index contributed by atoms with van der Waals surface area (Å²) in [6, 6.07) is 64.8. The molecule has 1 aliphatic carbocycles. The second kappa shape index (κ2) is 16.4. The quantitative estimate of drug-likeness (QED) is 0.155. The fourth-order valence-electron chi connectivity index (χ4n) is 11.8. The number of hydrogen-bond acceptors (Lipinski definition) is 5. The molecule has 2 aliphatic rings. The molecule has 0 saturated carbocycles. The number of anilines is 6. The molecule has 1 spiro atoms. The molecule has 0 bridgehead atoms. The van der Waals surface area contributed by atoms with Crippen molar-refractivity contribution in [2.75, 3.05) is 9.80 Å². The zero-order valence-corrected chi connectivity index (χ0v) is 45.4. The van der Waals surface area contributed by atoms with Crippen molar-refractivity contribution in [1.82, 2.24) is 9.97 Å². The molecule has 4 heterocycles. The summed E-state index contributed by atoms with van der Waals surface area (Å²) in [6.45, 7) is 17.9. The molecule has 350 valence electrons. The van der Waals surface area contributed by atoms with Crippen LogP contribution in [0, 0.1) is 13.8 Å². The van der Waals surface area contributed by atoms with Crippen molar-refractivity contribution in [1.29, 1.82) is 0 Å². The Morgan fingerprint density at radius 3 is 1.55 bits per heavy atom. The summed E-state index contributed by atoms with van der Waals surface area (Å²) in [7, 11) is 0. The molecule has 0 amide bonds. The third-order valence-electron chi connectivity index (χ3n) is 15.5. The smallest absolute Gasteiger partial charge is 0.0322 e. The Bertz CT molecular complexity index is 3660. The van der Waals surface area contributed by atoms with E-state index in [-0.39, 0.29) is 10.8 Å². The Morgan fingerprint density at radius 2 is 1.01 bits per heavy atom. The molecular formula is C65H60GeN4S. The second-order valence-electron chi connectivity index (χ2n) is 22.4. The molecule has 12 rings (SSSR count). The number of aromatic nitrogens is 2. The van der Waals surface area contributed by atoms with E-state index in [1.54, 1.807) is 8.79 Å². The third kappa shape index (κ3) is 6.98. The van der Waals surface area contributed by atoms with Gasteiger partial charge in [-0.3, -0.25) is 0 Å². The van der Waals surface area contributed by atoms with Crippen LogP contribution in [0.25, 0.3) is 31.3 Å². The van der Waals surface area contributed by atoms with Crippen LogP contribution < -0.4 is 18.6 Å². The molecule has 0 unspecified atom stereocenters. The first-order chi connectivity index (χ1) is 34.1. The van der Waals surface area contributed by atoms with Crippen LogP contribution in [0.4, 0.5) is 34.4 Å². The standard InChI is InChI=1S/C65H60GeN4S/c1-41-26-36-57(67-39-41)69(45-32-28-43(29-33-45)63(3,4)5)55-25-17-19-48-60-56(71-62(48)55)38-52-59(61(60)70(58-37-27-42(2)40-68-58)46-34-30-44(31-35-46)64(6,7)8)47-18-11-12-20-49(47)65(52)50-21-13-15-23-53(50)66(9,10)54-24-16-14-22-51(54)65/h11-40H,1-10H3. The van der Waals surface area contributed by atoms with Crippen molar-refractivity contribution in [3.63, 3.8) is 0 Å². The summed E-state index contributed by atoms with van der Waals surface area (Å²) in [5.74, 6) is 6.94. The molecule has 7 aromatic carbocycles. The van der Waals surface area contributed by atoms with E-state index in [1.807, 2.05) is 23.7 Å². The molecule has 3 aromatic heterocycles. The minimum atomic E-state index is -2.82. The molecule has 0 radical (unpaired) electrons. The van der Waals surface area contributed by atoms with Crippen molar-refractivity contribution >= 4 is 88.0 Å². The molecule has 1 aliphatic heterocycles. The van der Waals surface area contributed by atoms with Crippen molar-refractivity contribution in [3.8, 4) is 11.1 Å². The summed E-state index contributed by atoms with van der Waals surface area (Å²) in [5.41, 5.74) is 16.7. The number of benzene rings is 7. The molecule has 4 nitrogen and oxygen atoms in total. The van der Waals surface area contributed by atoms with Crippen molar-refractivity contribution in [3.05, 3.63) is 227 Å². The van der Waals surface area contributed by atoms with E-state index in [0.29, 0.717) is 0 Å². The van der Waals surface area contributed by atoms with Crippen LogP contribution in [0.15, 0.2) is 182 Å². The van der Waals surface area contributed by atoms with Crippen LogP contribution in [0.3, 0.4) is 0 Å². The molecule has 71 heavy (non-hydrogen) atoms. The number of rotatable bonds is 6. The van der Waals surface area contributed by atoms with E-state index in [2.05, 4.69) is 247 Å². The Morgan fingerprint density at radius 1 is 0.507 bits per heavy atom. The Labute approximate surface area is 426 Å². The molecule has 0 N–H and O–H groups in total. The summed E-state index contributed by atoms with van der Waals surface area (Å²) in [4.78, 5) is 15.3. The SMILES string of the molecule is Cc1ccc(N(c2ccc(C(C)(C)C)cc2)c2cccc3c2sc2cc4c(c(N(c5ccc(C(C)(C)C)cc5)c5ccc(C)cn5)c23)-c2ccccc2C42c3cccc[c]3[Ge]([CH3])([CH3])[c]3ccccc32)nc1. The number of hydrogen-bond donors (Lipinski definition) is 0. The summed E-state index contributed by atoms with van der Waals surface area (Å²) < 4.78 is 5.53. The topological polar surface area (TPSA) is 32.3 Å². The summed E-state index contributed by atoms with van der Waals surface area (Å²) >= 11 is -0.924. The van der Waals surface area contributed by atoms with Gasteiger partial charge < -0.3 is 0 Å². The zero-order chi connectivity index (χ0) is 49.2. The Kier molecular flexibility index (Phi) is 10.5. The van der Waals surface area contributed by atoms with Gasteiger partial charge in [-0.1, -0.05) is 59.7 Å². The van der Waals surface area contributed by atoms with E-state index < -0.39 is 18.7 Å². The van der Waals surface area contributed by atoms with Crippen LogP contribution in [0.2, 0.25) is 11.5 Å². The van der Waals surface area contributed by atoms with Gasteiger partial charge in [-0.2, -0.15) is 0 Å². The Hall–Kier alpha value is -6.80. The van der Waals surface area contributed by atoms with Crippen molar-refractivity contribution in [2.45, 2.75) is 83.1 Å².